The average molecular weight is 267 g/mol. The van der Waals surface area contributed by atoms with Crippen LogP contribution in [0.4, 0.5) is 0 Å². The number of hydrogen-bond donors (Lipinski definition) is 0. The molecule has 0 spiro atoms. The van der Waals surface area contributed by atoms with Crippen LogP contribution in [-0.4, -0.2) is 23.1 Å². The van der Waals surface area contributed by atoms with E-state index in [-0.39, 0.29) is 23.1 Å². The molecule has 0 radical (unpaired) electrons. The van der Waals surface area contributed by atoms with Crippen LogP contribution in [-0.2, 0) is 12.8 Å². The molecule has 0 N–H and O–H groups in total. The third-order valence-corrected chi connectivity index (χ3v) is 3.02. The first kappa shape index (κ1) is 18.5. The summed E-state index contributed by atoms with van der Waals surface area (Å²) in [4.78, 5) is 0. The zero-order valence-corrected chi connectivity index (χ0v) is 14.4. The van der Waals surface area contributed by atoms with Crippen molar-refractivity contribution in [1.82, 2.24) is 0 Å². The summed E-state index contributed by atoms with van der Waals surface area (Å²) >= 11 is 0. The maximum atomic E-state index is 2.25. The summed E-state index contributed by atoms with van der Waals surface area (Å²) < 4.78 is 0. The van der Waals surface area contributed by atoms with E-state index in [1.54, 1.807) is 0 Å². The predicted molar refractivity (Wildman–Crippen MR) is 87.3 cm³/mol. The zero-order chi connectivity index (χ0) is 13.4. The van der Waals surface area contributed by atoms with Gasteiger partial charge in [0, 0.05) is 0 Å². The van der Waals surface area contributed by atoms with Crippen LogP contribution in [0.1, 0.15) is 48.9 Å². The van der Waals surface area contributed by atoms with E-state index < -0.39 is 0 Å². The van der Waals surface area contributed by atoms with Gasteiger partial charge in [0.25, 0.3) is 0 Å². The molecule has 0 heterocycles. The number of hydrogen-bond acceptors (Lipinski definition) is 0. The Kier molecular flexibility index (Phi) is 9.99. The SMILES string of the molecule is CCCc1cc[c-](C)c1.CCCc1cc[c-](C)c1.[Mg+2]. The quantitative estimate of drug-likeness (QED) is 0.542. The molecule has 0 bridgehead atoms. The Hall–Kier alpha value is -0.534. The van der Waals surface area contributed by atoms with Crippen molar-refractivity contribution < 1.29 is 0 Å². The van der Waals surface area contributed by atoms with Gasteiger partial charge in [0.2, 0.25) is 0 Å². The van der Waals surface area contributed by atoms with E-state index >= 15 is 0 Å². The van der Waals surface area contributed by atoms with Crippen LogP contribution in [0.15, 0.2) is 36.4 Å². The van der Waals surface area contributed by atoms with Gasteiger partial charge in [-0.1, -0.05) is 53.4 Å². The minimum atomic E-state index is 0. The largest absolute Gasteiger partial charge is 2.00 e. The van der Waals surface area contributed by atoms with E-state index in [9.17, 15) is 0 Å². The van der Waals surface area contributed by atoms with E-state index in [1.807, 2.05) is 0 Å². The molecule has 100 valence electrons. The van der Waals surface area contributed by atoms with Gasteiger partial charge in [0.15, 0.2) is 0 Å². The molecule has 0 aliphatic heterocycles. The molecule has 0 atom stereocenters. The van der Waals surface area contributed by atoms with Crippen molar-refractivity contribution >= 4 is 23.1 Å². The van der Waals surface area contributed by atoms with Crippen LogP contribution in [0.5, 0.6) is 0 Å². The Morgan fingerprint density at radius 2 is 1.16 bits per heavy atom. The Balaban J connectivity index is 0.000000324. The number of aryl methyl sites for hydroxylation is 4. The molecule has 0 aliphatic carbocycles. The Bertz CT molecular complexity index is 392. The molecule has 0 unspecified atom stereocenters. The van der Waals surface area contributed by atoms with Gasteiger partial charge in [-0.2, -0.15) is 46.5 Å². The second-order valence-corrected chi connectivity index (χ2v) is 5.09. The van der Waals surface area contributed by atoms with Crippen LogP contribution in [0.25, 0.3) is 0 Å². The second-order valence-electron chi connectivity index (χ2n) is 5.09. The standard InChI is InChI=1S/2C9H13.Mg/c2*1-3-4-9-6-5-8(2)7-9;/h2*5-7H,3-4H2,1-2H3;/q2*-1;+2. The molecule has 0 fully saturated rings. The fraction of sp³-hybridized carbons (Fsp3) is 0.444. The number of rotatable bonds is 4. The van der Waals surface area contributed by atoms with E-state index in [1.165, 1.54) is 47.9 Å². The molecule has 0 saturated heterocycles. The summed E-state index contributed by atoms with van der Waals surface area (Å²) in [6.07, 6.45) is 4.97. The predicted octanol–water partition coefficient (Wildman–Crippen LogP) is 4.95. The van der Waals surface area contributed by atoms with Gasteiger partial charge in [0.05, 0.1) is 0 Å². The smallest absolute Gasteiger partial charge is 0.210 e. The fourth-order valence-corrected chi connectivity index (χ4v) is 2.14. The first-order chi connectivity index (χ1) is 8.65. The second kappa shape index (κ2) is 10.3. The monoisotopic (exact) mass is 266 g/mol. The van der Waals surface area contributed by atoms with E-state index in [0.717, 1.165) is 0 Å². The third kappa shape index (κ3) is 7.59. The molecule has 2 aromatic carbocycles. The Morgan fingerprint density at radius 1 is 0.789 bits per heavy atom. The summed E-state index contributed by atoms with van der Waals surface area (Å²) in [5.41, 5.74) is 5.74. The summed E-state index contributed by atoms with van der Waals surface area (Å²) in [6, 6.07) is 13.3. The first-order valence-corrected chi connectivity index (χ1v) is 7.10. The summed E-state index contributed by atoms with van der Waals surface area (Å²) in [5, 5.41) is 0. The third-order valence-electron chi connectivity index (χ3n) is 3.02. The van der Waals surface area contributed by atoms with Crippen LogP contribution in [0.2, 0.25) is 0 Å². The maximum Gasteiger partial charge on any atom is 2.00 e. The first-order valence-electron chi connectivity index (χ1n) is 7.10. The zero-order valence-electron chi connectivity index (χ0n) is 13.0. The van der Waals surface area contributed by atoms with Gasteiger partial charge >= 0.3 is 23.1 Å². The van der Waals surface area contributed by atoms with Gasteiger partial charge < -0.3 is 0 Å². The van der Waals surface area contributed by atoms with Gasteiger partial charge in [-0.15, -0.1) is 0 Å². The van der Waals surface area contributed by atoms with Crippen molar-refractivity contribution in [3.63, 3.8) is 0 Å². The molecule has 1 heteroatoms. The van der Waals surface area contributed by atoms with Crippen molar-refractivity contribution in [2.45, 2.75) is 53.4 Å². The molecular weight excluding hydrogens is 241 g/mol. The van der Waals surface area contributed by atoms with Gasteiger partial charge in [-0.25, -0.2) is 12.1 Å². The average Bonchev–Trinajstić information content (AvgIpc) is 2.90. The molecule has 0 saturated carbocycles. The molecule has 0 amide bonds. The minimum absolute atomic E-state index is 0. The summed E-state index contributed by atoms with van der Waals surface area (Å²) in [6.45, 7) is 8.70. The molecule has 0 aromatic heterocycles. The molecular formula is C18H26Mg. The van der Waals surface area contributed by atoms with Gasteiger partial charge in [-0.05, 0) is 0 Å². The molecule has 2 rings (SSSR count). The molecule has 0 aliphatic rings. The summed E-state index contributed by atoms with van der Waals surface area (Å²) in [7, 11) is 0. The normalized spacial score (nSPS) is 9.47. The van der Waals surface area contributed by atoms with Crippen molar-refractivity contribution in [3.8, 4) is 0 Å². The molecule has 19 heavy (non-hydrogen) atoms. The topological polar surface area (TPSA) is 0 Å². The fourth-order valence-electron chi connectivity index (χ4n) is 2.14. The molecule has 0 nitrogen and oxygen atoms in total. The van der Waals surface area contributed by atoms with E-state index in [4.69, 9.17) is 0 Å². The maximum absolute atomic E-state index is 2.25. The van der Waals surface area contributed by atoms with Crippen LogP contribution < -0.4 is 0 Å². The van der Waals surface area contributed by atoms with Gasteiger partial charge in [-0.3, -0.25) is 0 Å². The minimum Gasteiger partial charge on any atom is -0.210 e. The van der Waals surface area contributed by atoms with E-state index in [0.29, 0.717) is 0 Å². The van der Waals surface area contributed by atoms with Crippen LogP contribution >= 0.6 is 0 Å². The van der Waals surface area contributed by atoms with Crippen LogP contribution in [0, 0.1) is 13.8 Å². The van der Waals surface area contributed by atoms with Crippen molar-refractivity contribution in [1.29, 1.82) is 0 Å². The summed E-state index contributed by atoms with van der Waals surface area (Å²) in [5.74, 6) is 0. The van der Waals surface area contributed by atoms with Crippen molar-refractivity contribution in [2.75, 3.05) is 0 Å². The van der Waals surface area contributed by atoms with E-state index in [2.05, 4.69) is 64.1 Å². The Labute approximate surface area is 135 Å². The van der Waals surface area contributed by atoms with Gasteiger partial charge in [0.1, 0.15) is 0 Å². The Morgan fingerprint density at radius 3 is 1.37 bits per heavy atom. The van der Waals surface area contributed by atoms with Crippen LogP contribution in [0.3, 0.4) is 0 Å². The van der Waals surface area contributed by atoms with Crippen molar-refractivity contribution in [2.24, 2.45) is 0 Å². The van der Waals surface area contributed by atoms with Crippen molar-refractivity contribution in [3.05, 3.63) is 58.7 Å². The molecule has 2 aromatic rings.